The van der Waals surface area contributed by atoms with Crippen LogP contribution < -0.4 is 15.4 Å². The quantitative estimate of drug-likeness (QED) is 0.847. The van der Waals surface area contributed by atoms with E-state index in [-0.39, 0.29) is 18.1 Å². The standard InChI is InChI=1S/C14H20N2O3/c1-14(2,9-18-3)15-7-10-4-5-12-11(6-10)16-13(17)8-19-12/h4-6,15H,7-9H2,1-3H3,(H,16,17). The Balaban J connectivity index is 2.02. The number of hydrogen-bond acceptors (Lipinski definition) is 4. The van der Waals surface area contributed by atoms with Crippen LogP contribution in [0.1, 0.15) is 19.4 Å². The highest BCUT2D eigenvalue weighted by molar-refractivity contribution is 5.95. The number of carbonyl (C=O) groups is 1. The van der Waals surface area contributed by atoms with Crippen molar-refractivity contribution in [1.29, 1.82) is 0 Å². The number of fused-ring (bicyclic) bond motifs is 1. The van der Waals surface area contributed by atoms with Crippen molar-refractivity contribution in [2.45, 2.75) is 25.9 Å². The first-order chi connectivity index (χ1) is 9.00. The van der Waals surface area contributed by atoms with Crippen molar-refractivity contribution in [3.63, 3.8) is 0 Å². The minimum atomic E-state index is -0.114. The molecule has 0 saturated carbocycles. The van der Waals surface area contributed by atoms with Crippen LogP contribution in [0.2, 0.25) is 0 Å². The molecule has 104 valence electrons. The highest BCUT2D eigenvalue weighted by Gasteiger charge is 2.18. The zero-order valence-electron chi connectivity index (χ0n) is 11.6. The average molecular weight is 264 g/mol. The molecule has 0 spiro atoms. The second kappa shape index (κ2) is 5.59. The van der Waals surface area contributed by atoms with Gasteiger partial charge in [0, 0.05) is 19.2 Å². The van der Waals surface area contributed by atoms with Crippen molar-refractivity contribution >= 4 is 11.6 Å². The second-order valence-electron chi connectivity index (χ2n) is 5.34. The van der Waals surface area contributed by atoms with Crippen LogP contribution >= 0.6 is 0 Å². The molecule has 0 aromatic heterocycles. The van der Waals surface area contributed by atoms with Gasteiger partial charge in [0.25, 0.3) is 5.91 Å². The third-order valence-electron chi connectivity index (χ3n) is 2.95. The van der Waals surface area contributed by atoms with Crippen molar-refractivity contribution in [1.82, 2.24) is 5.32 Å². The highest BCUT2D eigenvalue weighted by Crippen LogP contribution is 2.28. The first kappa shape index (κ1) is 13.8. The molecule has 5 heteroatoms. The van der Waals surface area contributed by atoms with Crippen molar-refractivity contribution in [3.8, 4) is 5.75 Å². The molecule has 1 amide bonds. The lowest BCUT2D eigenvalue weighted by molar-refractivity contribution is -0.118. The number of anilines is 1. The SMILES string of the molecule is COCC(C)(C)NCc1ccc2c(c1)NC(=O)CO2. The third-order valence-corrected chi connectivity index (χ3v) is 2.95. The molecule has 1 aliphatic rings. The largest absolute Gasteiger partial charge is 0.482 e. The fraction of sp³-hybridized carbons (Fsp3) is 0.500. The molecule has 0 bridgehead atoms. The number of benzene rings is 1. The van der Waals surface area contributed by atoms with E-state index in [0.717, 1.165) is 17.0 Å². The fourth-order valence-corrected chi connectivity index (χ4v) is 1.99. The van der Waals surface area contributed by atoms with Crippen molar-refractivity contribution in [2.75, 3.05) is 25.6 Å². The monoisotopic (exact) mass is 264 g/mol. The molecule has 0 saturated heterocycles. The summed E-state index contributed by atoms with van der Waals surface area (Å²) in [5.41, 5.74) is 1.73. The molecule has 1 aliphatic heterocycles. The lowest BCUT2D eigenvalue weighted by Crippen LogP contribution is -2.42. The molecule has 0 aliphatic carbocycles. The van der Waals surface area contributed by atoms with Gasteiger partial charge in [-0.05, 0) is 31.5 Å². The maximum Gasteiger partial charge on any atom is 0.262 e. The summed E-state index contributed by atoms with van der Waals surface area (Å²) < 4.78 is 10.5. The van der Waals surface area contributed by atoms with Crippen LogP contribution in [0, 0.1) is 0 Å². The molecule has 2 rings (SSSR count). The summed E-state index contributed by atoms with van der Waals surface area (Å²) in [6, 6.07) is 5.81. The first-order valence-corrected chi connectivity index (χ1v) is 6.30. The predicted molar refractivity (Wildman–Crippen MR) is 73.4 cm³/mol. The van der Waals surface area contributed by atoms with Crippen LogP contribution in [0.4, 0.5) is 5.69 Å². The minimum Gasteiger partial charge on any atom is -0.482 e. The van der Waals surface area contributed by atoms with Gasteiger partial charge in [0.15, 0.2) is 6.61 Å². The molecule has 0 radical (unpaired) electrons. The second-order valence-corrected chi connectivity index (χ2v) is 5.34. The molecular formula is C14H20N2O3. The van der Waals surface area contributed by atoms with E-state index >= 15 is 0 Å². The molecule has 19 heavy (non-hydrogen) atoms. The lowest BCUT2D eigenvalue weighted by atomic mass is 10.1. The van der Waals surface area contributed by atoms with E-state index in [4.69, 9.17) is 9.47 Å². The smallest absolute Gasteiger partial charge is 0.262 e. The Hall–Kier alpha value is -1.59. The summed E-state index contributed by atoms with van der Waals surface area (Å²) in [7, 11) is 1.69. The van der Waals surface area contributed by atoms with E-state index in [1.807, 2.05) is 18.2 Å². The molecule has 0 atom stereocenters. The van der Waals surface area contributed by atoms with Gasteiger partial charge in [-0.15, -0.1) is 0 Å². The molecule has 1 aromatic carbocycles. The average Bonchev–Trinajstić information content (AvgIpc) is 2.36. The van der Waals surface area contributed by atoms with E-state index < -0.39 is 0 Å². The summed E-state index contributed by atoms with van der Waals surface area (Å²) in [4.78, 5) is 11.3. The van der Waals surface area contributed by atoms with Crippen LogP contribution in [0.5, 0.6) is 5.75 Å². The number of nitrogens with one attached hydrogen (secondary N) is 2. The summed E-state index contributed by atoms with van der Waals surface area (Å²) in [5, 5.41) is 6.22. The normalized spacial score (nSPS) is 14.6. The maximum absolute atomic E-state index is 11.3. The molecule has 5 nitrogen and oxygen atoms in total. The summed E-state index contributed by atoms with van der Waals surface area (Å²) in [5.74, 6) is 0.608. The fourth-order valence-electron chi connectivity index (χ4n) is 1.99. The van der Waals surface area contributed by atoms with E-state index in [2.05, 4.69) is 24.5 Å². The number of methoxy groups -OCH3 is 1. The lowest BCUT2D eigenvalue weighted by Gasteiger charge is -2.26. The van der Waals surface area contributed by atoms with Crippen molar-refractivity contribution in [2.24, 2.45) is 0 Å². The molecular weight excluding hydrogens is 244 g/mol. The highest BCUT2D eigenvalue weighted by atomic mass is 16.5. The predicted octanol–water partition coefficient (Wildman–Crippen LogP) is 1.53. The topological polar surface area (TPSA) is 59.6 Å². The molecule has 0 unspecified atom stereocenters. The molecule has 2 N–H and O–H groups in total. The van der Waals surface area contributed by atoms with Crippen molar-refractivity contribution < 1.29 is 14.3 Å². The van der Waals surface area contributed by atoms with Crippen molar-refractivity contribution in [3.05, 3.63) is 23.8 Å². The van der Waals surface area contributed by atoms with Crippen LogP contribution in [-0.4, -0.2) is 31.8 Å². The number of hydrogen-bond donors (Lipinski definition) is 2. The zero-order chi connectivity index (χ0) is 13.9. The van der Waals surface area contributed by atoms with E-state index in [0.29, 0.717) is 13.2 Å². The Morgan fingerprint density at radius 1 is 1.47 bits per heavy atom. The van der Waals surface area contributed by atoms with Gasteiger partial charge >= 0.3 is 0 Å². The van der Waals surface area contributed by atoms with Gasteiger partial charge in [-0.2, -0.15) is 0 Å². The van der Waals surface area contributed by atoms with Gasteiger partial charge in [-0.3, -0.25) is 4.79 Å². The Labute approximate surface area is 113 Å². The minimum absolute atomic E-state index is 0.0888. The van der Waals surface area contributed by atoms with Crippen LogP contribution in [0.15, 0.2) is 18.2 Å². The first-order valence-electron chi connectivity index (χ1n) is 6.30. The Morgan fingerprint density at radius 3 is 3.00 bits per heavy atom. The van der Waals surface area contributed by atoms with E-state index in [1.54, 1.807) is 7.11 Å². The third kappa shape index (κ3) is 3.68. The van der Waals surface area contributed by atoms with Crippen LogP contribution in [-0.2, 0) is 16.1 Å². The Bertz CT molecular complexity index is 472. The van der Waals surface area contributed by atoms with Gasteiger partial charge in [0.1, 0.15) is 5.75 Å². The van der Waals surface area contributed by atoms with Crippen LogP contribution in [0.3, 0.4) is 0 Å². The number of amides is 1. The maximum atomic E-state index is 11.3. The molecule has 0 fully saturated rings. The summed E-state index contributed by atoms with van der Waals surface area (Å²) in [6.45, 7) is 5.60. The van der Waals surface area contributed by atoms with E-state index in [1.165, 1.54) is 0 Å². The van der Waals surface area contributed by atoms with E-state index in [9.17, 15) is 4.79 Å². The summed E-state index contributed by atoms with van der Waals surface area (Å²) in [6.07, 6.45) is 0. The Morgan fingerprint density at radius 2 is 2.26 bits per heavy atom. The zero-order valence-corrected chi connectivity index (χ0v) is 11.6. The van der Waals surface area contributed by atoms with Gasteiger partial charge in [-0.1, -0.05) is 6.07 Å². The Kier molecular flexibility index (Phi) is 4.07. The number of rotatable bonds is 5. The molecule has 1 aromatic rings. The van der Waals surface area contributed by atoms with Gasteiger partial charge in [0.05, 0.1) is 12.3 Å². The van der Waals surface area contributed by atoms with Crippen LogP contribution in [0.25, 0.3) is 0 Å². The van der Waals surface area contributed by atoms with Gasteiger partial charge in [0.2, 0.25) is 0 Å². The van der Waals surface area contributed by atoms with Gasteiger partial charge in [-0.25, -0.2) is 0 Å². The summed E-state index contributed by atoms with van der Waals surface area (Å²) >= 11 is 0. The number of carbonyl (C=O) groups excluding carboxylic acids is 1. The van der Waals surface area contributed by atoms with Gasteiger partial charge < -0.3 is 20.1 Å². The number of ether oxygens (including phenoxy) is 2. The molecule has 1 heterocycles.